The molecule has 1 N–H and O–H groups in total. The SMILES string of the molecule is CC(=O)N1CCc2cccc(NCc3noc(-c4ccccc4C)n3)c21. The second-order valence-electron chi connectivity index (χ2n) is 6.42. The molecule has 0 spiro atoms. The number of hydrogen-bond donors (Lipinski definition) is 1. The van der Waals surface area contributed by atoms with Crippen LogP contribution in [0.5, 0.6) is 0 Å². The number of nitrogens with one attached hydrogen (secondary N) is 1. The molecule has 0 atom stereocenters. The van der Waals surface area contributed by atoms with Crippen LogP contribution < -0.4 is 10.2 Å². The maximum absolute atomic E-state index is 11.9. The van der Waals surface area contributed by atoms with Crippen molar-refractivity contribution in [3.05, 3.63) is 59.4 Å². The summed E-state index contributed by atoms with van der Waals surface area (Å²) in [7, 11) is 0. The molecule has 0 unspecified atom stereocenters. The van der Waals surface area contributed by atoms with Crippen LogP contribution in [0.15, 0.2) is 47.0 Å². The van der Waals surface area contributed by atoms with E-state index in [1.54, 1.807) is 6.92 Å². The molecule has 6 nitrogen and oxygen atoms in total. The fourth-order valence-corrected chi connectivity index (χ4v) is 3.34. The summed E-state index contributed by atoms with van der Waals surface area (Å²) in [6.07, 6.45) is 0.879. The molecule has 1 aliphatic heterocycles. The van der Waals surface area contributed by atoms with Gasteiger partial charge in [-0.2, -0.15) is 4.98 Å². The lowest BCUT2D eigenvalue weighted by Crippen LogP contribution is -2.26. The highest BCUT2D eigenvalue weighted by atomic mass is 16.5. The average Bonchev–Trinajstić information content (AvgIpc) is 3.27. The molecule has 0 radical (unpaired) electrons. The Morgan fingerprint density at radius 2 is 2.08 bits per heavy atom. The van der Waals surface area contributed by atoms with Crippen LogP contribution in [0, 0.1) is 6.92 Å². The number of para-hydroxylation sites is 1. The van der Waals surface area contributed by atoms with Crippen molar-refractivity contribution in [2.75, 3.05) is 16.8 Å². The monoisotopic (exact) mass is 348 g/mol. The normalized spacial score (nSPS) is 12.9. The van der Waals surface area contributed by atoms with Crippen molar-refractivity contribution in [2.24, 2.45) is 0 Å². The quantitative estimate of drug-likeness (QED) is 0.780. The first kappa shape index (κ1) is 16.3. The lowest BCUT2D eigenvalue weighted by atomic mass is 10.1. The Hall–Kier alpha value is -3.15. The molecular weight excluding hydrogens is 328 g/mol. The van der Waals surface area contributed by atoms with Gasteiger partial charge in [-0.25, -0.2) is 0 Å². The Bertz CT molecular complexity index is 964. The number of rotatable bonds is 4. The molecule has 26 heavy (non-hydrogen) atoms. The molecule has 1 aromatic heterocycles. The van der Waals surface area contributed by atoms with Crippen LogP contribution >= 0.6 is 0 Å². The molecule has 0 saturated heterocycles. The zero-order valence-corrected chi connectivity index (χ0v) is 14.8. The summed E-state index contributed by atoms with van der Waals surface area (Å²) in [5, 5.41) is 7.41. The third-order valence-electron chi connectivity index (χ3n) is 4.65. The van der Waals surface area contributed by atoms with E-state index in [2.05, 4.69) is 21.5 Å². The van der Waals surface area contributed by atoms with Crippen LogP contribution in [0.1, 0.15) is 23.9 Å². The number of aromatic nitrogens is 2. The fraction of sp³-hybridized carbons (Fsp3) is 0.250. The van der Waals surface area contributed by atoms with Gasteiger partial charge in [-0.05, 0) is 36.6 Å². The molecule has 2 aromatic carbocycles. The van der Waals surface area contributed by atoms with Crippen molar-refractivity contribution in [1.29, 1.82) is 0 Å². The van der Waals surface area contributed by atoms with Crippen LogP contribution in [0.2, 0.25) is 0 Å². The summed E-state index contributed by atoms with van der Waals surface area (Å²) >= 11 is 0. The maximum Gasteiger partial charge on any atom is 0.258 e. The van der Waals surface area contributed by atoms with E-state index in [0.717, 1.165) is 35.5 Å². The first-order chi connectivity index (χ1) is 12.6. The topological polar surface area (TPSA) is 71.3 Å². The van der Waals surface area contributed by atoms with Gasteiger partial charge in [0.25, 0.3) is 5.89 Å². The van der Waals surface area contributed by atoms with E-state index < -0.39 is 0 Å². The Kier molecular flexibility index (Phi) is 4.16. The number of amides is 1. The number of carbonyl (C=O) groups is 1. The smallest absolute Gasteiger partial charge is 0.258 e. The number of carbonyl (C=O) groups excluding carboxylic acids is 1. The van der Waals surface area contributed by atoms with Crippen LogP contribution in [-0.2, 0) is 17.8 Å². The standard InChI is InChI=1S/C20H20N4O2/c1-13-6-3-4-8-16(13)20-22-18(23-26-20)12-21-17-9-5-7-15-10-11-24(14(2)25)19(15)17/h3-9,21H,10-12H2,1-2H3. The summed E-state index contributed by atoms with van der Waals surface area (Å²) in [6, 6.07) is 14.0. The van der Waals surface area contributed by atoms with Gasteiger partial charge in [0.2, 0.25) is 5.91 Å². The Morgan fingerprint density at radius 1 is 1.23 bits per heavy atom. The Morgan fingerprint density at radius 3 is 2.88 bits per heavy atom. The van der Waals surface area contributed by atoms with Gasteiger partial charge in [-0.3, -0.25) is 4.79 Å². The minimum Gasteiger partial charge on any atom is -0.376 e. The van der Waals surface area contributed by atoms with Crippen molar-refractivity contribution in [3.8, 4) is 11.5 Å². The van der Waals surface area contributed by atoms with Crippen molar-refractivity contribution < 1.29 is 9.32 Å². The second kappa shape index (κ2) is 6.63. The van der Waals surface area contributed by atoms with Crippen LogP contribution in [-0.4, -0.2) is 22.6 Å². The molecule has 132 valence electrons. The summed E-state index contributed by atoms with van der Waals surface area (Å²) in [6.45, 7) is 4.77. The van der Waals surface area contributed by atoms with Crippen LogP contribution in [0.4, 0.5) is 11.4 Å². The minimum absolute atomic E-state index is 0.0550. The zero-order chi connectivity index (χ0) is 18.1. The number of fused-ring (bicyclic) bond motifs is 1. The van der Waals surface area contributed by atoms with E-state index in [1.807, 2.05) is 48.2 Å². The lowest BCUT2D eigenvalue weighted by molar-refractivity contribution is -0.116. The molecular formula is C20H20N4O2. The summed E-state index contributed by atoms with van der Waals surface area (Å²) in [5.41, 5.74) is 5.09. The van der Waals surface area contributed by atoms with Crippen LogP contribution in [0.25, 0.3) is 11.5 Å². The van der Waals surface area contributed by atoms with Crippen molar-refractivity contribution in [3.63, 3.8) is 0 Å². The number of hydrogen-bond acceptors (Lipinski definition) is 5. The molecule has 0 saturated carbocycles. The maximum atomic E-state index is 11.9. The van der Waals surface area contributed by atoms with Crippen molar-refractivity contribution in [1.82, 2.24) is 10.1 Å². The Balaban J connectivity index is 1.54. The molecule has 1 aliphatic rings. The molecule has 2 heterocycles. The summed E-state index contributed by atoms with van der Waals surface area (Å²) in [5.74, 6) is 1.15. The van der Waals surface area contributed by atoms with Gasteiger partial charge >= 0.3 is 0 Å². The first-order valence-corrected chi connectivity index (χ1v) is 8.66. The molecule has 0 aliphatic carbocycles. The first-order valence-electron chi connectivity index (χ1n) is 8.66. The zero-order valence-electron chi connectivity index (χ0n) is 14.8. The number of aryl methyl sites for hydroxylation is 1. The van der Waals surface area contributed by atoms with E-state index in [0.29, 0.717) is 18.3 Å². The lowest BCUT2D eigenvalue weighted by Gasteiger charge is -2.19. The summed E-state index contributed by atoms with van der Waals surface area (Å²) in [4.78, 5) is 18.2. The molecule has 0 fully saturated rings. The molecule has 1 amide bonds. The molecule has 3 aromatic rings. The molecule has 4 rings (SSSR count). The van der Waals surface area contributed by atoms with Crippen LogP contribution in [0.3, 0.4) is 0 Å². The van der Waals surface area contributed by atoms with Gasteiger partial charge < -0.3 is 14.7 Å². The van der Waals surface area contributed by atoms with Gasteiger partial charge in [-0.15, -0.1) is 0 Å². The average molecular weight is 348 g/mol. The van der Waals surface area contributed by atoms with Crippen molar-refractivity contribution >= 4 is 17.3 Å². The Labute approximate surface area is 151 Å². The second-order valence-corrected chi connectivity index (χ2v) is 6.42. The summed E-state index contributed by atoms with van der Waals surface area (Å²) < 4.78 is 5.41. The third-order valence-corrected chi connectivity index (χ3v) is 4.65. The van der Waals surface area contributed by atoms with Gasteiger partial charge in [0.05, 0.1) is 17.9 Å². The largest absolute Gasteiger partial charge is 0.376 e. The number of nitrogens with zero attached hydrogens (tertiary/aromatic N) is 3. The predicted octanol–water partition coefficient (Wildman–Crippen LogP) is 3.57. The highest BCUT2D eigenvalue weighted by molar-refractivity contribution is 5.97. The van der Waals surface area contributed by atoms with E-state index in [-0.39, 0.29) is 5.91 Å². The van der Waals surface area contributed by atoms with Gasteiger partial charge in [0.1, 0.15) is 0 Å². The number of benzene rings is 2. The van der Waals surface area contributed by atoms with Gasteiger partial charge in [0.15, 0.2) is 5.82 Å². The van der Waals surface area contributed by atoms with E-state index >= 15 is 0 Å². The van der Waals surface area contributed by atoms with Gasteiger partial charge in [0, 0.05) is 19.0 Å². The molecule has 6 heteroatoms. The van der Waals surface area contributed by atoms with Crippen molar-refractivity contribution in [2.45, 2.75) is 26.8 Å². The van der Waals surface area contributed by atoms with Gasteiger partial charge in [-0.1, -0.05) is 35.5 Å². The van der Waals surface area contributed by atoms with E-state index in [1.165, 1.54) is 5.56 Å². The van der Waals surface area contributed by atoms with E-state index in [9.17, 15) is 4.79 Å². The number of anilines is 2. The fourth-order valence-electron chi connectivity index (χ4n) is 3.34. The highest BCUT2D eigenvalue weighted by Gasteiger charge is 2.25. The minimum atomic E-state index is 0.0550. The third kappa shape index (κ3) is 2.94. The predicted molar refractivity (Wildman–Crippen MR) is 100.0 cm³/mol. The molecule has 0 bridgehead atoms. The highest BCUT2D eigenvalue weighted by Crippen LogP contribution is 2.35. The van der Waals surface area contributed by atoms with E-state index in [4.69, 9.17) is 4.52 Å².